The molecule has 0 radical (unpaired) electrons. The SMILES string of the molecule is O=C(O)CCCCCC[C@@H]1[C@@H](CCc2ccc3ccccc3c2)[C@H](O)C[C@H]1Cl. The van der Waals surface area contributed by atoms with Crippen LogP contribution in [0.15, 0.2) is 42.5 Å². The average Bonchev–Trinajstić information content (AvgIpc) is 2.95. The van der Waals surface area contributed by atoms with Crippen molar-refractivity contribution in [2.75, 3.05) is 0 Å². The molecule has 0 spiro atoms. The van der Waals surface area contributed by atoms with E-state index in [4.69, 9.17) is 16.7 Å². The van der Waals surface area contributed by atoms with Crippen molar-refractivity contribution in [2.45, 2.75) is 69.3 Å². The van der Waals surface area contributed by atoms with Gasteiger partial charge in [0, 0.05) is 11.8 Å². The van der Waals surface area contributed by atoms with Gasteiger partial charge in [-0.05, 0) is 60.3 Å². The maximum atomic E-state index is 10.6. The summed E-state index contributed by atoms with van der Waals surface area (Å²) < 4.78 is 0. The number of aliphatic hydroxyl groups excluding tert-OH is 1. The van der Waals surface area contributed by atoms with Gasteiger partial charge in [0.05, 0.1) is 6.10 Å². The molecule has 0 amide bonds. The molecular weight excluding hydrogens is 372 g/mol. The lowest BCUT2D eigenvalue weighted by Crippen LogP contribution is -2.21. The van der Waals surface area contributed by atoms with Crippen LogP contribution in [0.2, 0.25) is 0 Å². The summed E-state index contributed by atoms with van der Waals surface area (Å²) in [5.41, 5.74) is 1.32. The molecule has 4 heteroatoms. The van der Waals surface area contributed by atoms with Crippen LogP contribution in [0.3, 0.4) is 0 Å². The van der Waals surface area contributed by atoms with Gasteiger partial charge in [0.15, 0.2) is 0 Å². The first kappa shape index (κ1) is 21.1. The van der Waals surface area contributed by atoms with Crippen molar-refractivity contribution in [3.8, 4) is 0 Å². The Hall–Kier alpha value is -1.58. The summed E-state index contributed by atoms with van der Waals surface area (Å²) in [6.45, 7) is 0. The molecule has 152 valence electrons. The van der Waals surface area contributed by atoms with E-state index in [1.165, 1.54) is 16.3 Å². The number of benzene rings is 2. The molecule has 4 atom stereocenters. The molecule has 0 bridgehead atoms. The van der Waals surface area contributed by atoms with E-state index in [0.717, 1.165) is 44.9 Å². The molecule has 3 nitrogen and oxygen atoms in total. The quantitative estimate of drug-likeness (QED) is 0.390. The molecule has 0 aromatic heterocycles. The van der Waals surface area contributed by atoms with E-state index in [2.05, 4.69) is 42.5 Å². The van der Waals surface area contributed by atoms with Gasteiger partial charge in [-0.25, -0.2) is 0 Å². The molecule has 0 heterocycles. The summed E-state index contributed by atoms with van der Waals surface area (Å²) in [6.07, 6.45) is 7.41. The van der Waals surface area contributed by atoms with E-state index in [1.54, 1.807) is 0 Å². The Morgan fingerprint density at radius 3 is 2.50 bits per heavy atom. The monoisotopic (exact) mass is 402 g/mol. The molecule has 2 aromatic rings. The average molecular weight is 403 g/mol. The number of carboxylic acid groups (broad SMARTS) is 1. The van der Waals surface area contributed by atoms with Crippen molar-refractivity contribution < 1.29 is 15.0 Å². The van der Waals surface area contributed by atoms with E-state index in [-0.39, 0.29) is 23.8 Å². The maximum Gasteiger partial charge on any atom is 0.303 e. The van der Waals surface area contributed by atoms with Gasteiger partial charge in [0.1, 0.15) is 0 Å². The van der Waals surface area contributed by atoms with Crippen LogP contribution in [0.1, 0.15) is 56.9 Å². The second-order valence-corrected chi connectivity index (χ2v) is 8.77. The molecule has 2 N–H and O–H groups in total. The van der Waals surface area contributed by atoms with E-state index in [1.807, 2.05) is 0 Å². The highest BCUT2D eigenvalue weighted by molar-refractivity contribution is 6.21. The Kier molecular flexibility index (Phi) is 7.75. The highest BCUT2D eigenvalue weighted by Crippen LogP contribution is 2.41. The number of alkyl halides is 1. The van der Waals surface area contributed by atoms with Crippen molar-refractivity contribution in [1.82, 2.24) is 0 Å². The predicted molar refractivity (Wildman–Crippen MR) is 115 cm³/mol. The van der Waals surface area contributed by atoms with Crippen LogP contribution >= 0.6 is 11.6 Å². The molecule has 0 unspecified atom stereocenters. The number of hydrogen-bond donors (Lipinski definition) is 2. The number of carboxylic acids is 1. The van der Waals surface area contributed by atoms with Crippen LogP contribution in [-0.2, 0) is 11.2 Å². The van der Waals surface area contributed by atoms with Gasteiger partial charge in [0.25, 0.3) is 0 Å². The van der Waals surface area contributed by atoms with Crippen LogP contribution in [0, 0.1) is 11.8 Å². The van der Waals surface area contributed by atoms with Gasteiger partial charge in [-0.15, -0.1) is 11.6 Å². The minimum absolute atomic E-state index is 0.0515. The van der Waals surface area contributed by atoms with Gasteiger partial charge in [-0.1, -0.05) is 61.7 Å². The number of aliphatic carboxylic acids is 1. The number of hydrogen-bond acceptors (Lipinski definition) is 2. The Labute approximate surface area is 172 Å². The van der Waals surface area contributed by atoms with Crippen molar-refractivity contribution in [3.63, 3.8) is 0 Å². The zero-order chi connectivity index (χ0) is 19.9. The summed E-state index contributed by atoms with van der Waals surface area (Å²) in [5.74, 6) is -0.0990. The molecule has 1 aliphatic carbocycles. The number of aryl methyl sites for hydroxylation is 1. The van der Waals surface area contributed by atoms with Crippen LogP contribution in [-0.4, -0.2) is 27.7 Å². The number of carbonyl (C=O) groups is 1. The Bertz CT molecular complexity index is 775. The summed E-state index contributed by atoms with van der Waals surface area (Å²) in [4.78, 5) is 10.6. The largest absolute Gasteiger partial charge is 0.481 e. The molecule has 1 aliphatic rings. The first-order chi connectivity index (χ1) is 13.5. The lowest BCUT2D eigenvalue weighted by Gasteiger charge is -2.23. The Morgan fingerprint density at radius 2 is 1.71 bits per heavy atom. The summed E-state index contributed by atoms with van der Waals surface area (Å²) in [7, 11) is 0. The minimum Gasteiger partial charge on any atom is -0.481 e. The van der Waals surface area contributed by atoms with Crippen molar-refractivity contribution >= 4 is 28.3 Å². The standard InChI is InChI=1S/C24H31ClO3/c25-22-16-23(26)21(20(22)9-3-1-2-4-10-24(27)28)14-12-17-11-13-18-7-5-6-8-19(18)15-17/h5-8,11,13,15,20-23,26H,1-4,9-10,12,14,16H2,(H,27,28)/t20-,21-,22-,23-/m1/s1. The van der Waals surface area contributed by atoms with Crippen LogP contribution < -0.4 is 0 Å². The first-order valence-electron chi connectivity index (χ1n) is 10.6. The molecule has 28 heavy (non-hydrogen) atoms. The zero-order valence-electron chi connectivity index (χ0n) is 16.4. The van der Waals surface area contributed by atoms with Gasteiger partial charge in [-0.3, -0.25) is 4.79 Å². The van der Waals surface area contributed by atoms with Crippen molar-refractivity contribution in [3.05, 3.63) is 48.0 Å². The second-order valence-electron chi connectivity index (χ2n) is 8.21. The first-order valence-corrected chi connectivity index (χ1v) is 11.0. The second kappa shape index (κ2) is 10.3. The fourth-order valence-corrected chi connectivity index (χ4v) is 5.17. The van der Waals surface area contributed by atoms with E-state index >= 15 is 0 Å². The molecule has 1 saturated carbocycles. The maximum absolute atomic E-state index is 10.6. The molecular formula is C24H31ClO3. The van der Waals surface area contributed by atoms with Gasteiger partial charge in [0.2, 0.25) is 0 Å². The number of rotatable bonds is 10. The van der Waals surface area contributed by atoms with Crippen molar-refractivity contribution in [2.24, 2.45) is 11.8 Å². The van der Waals surface area contributed by atoms with Gasteiger partial charge in [-0.2, -0.15) is 0 Å². The lowest BCUT2D eigenvalue weighted by atomic mass is 9.85. The molecule has 1 fully saturated rings. The zero-order valence-corrected chi connectivity index (χ0v) is 17.2. The Morgan fingerprint density at radius 1 is 0.964 bits per heavy atom. The van der Waals surface area contributed by atoms with Crippen LogP contribution in [0.25, 0.3) is 10.8 Å². The molecule has 3 rings (SSSR count). The summed E-state index contributed by atoms with van der Waals surface area (Å²) >= 11 is 6.57. The highest BCUT2D eigenvalue weighted by Gasteiger charge is 2.40. The fraction of sp³-hybridized carbons (Fsp3) is 0.542. The summed E-state index contributed by atoms with van der Waals surface area (Å²) in [5, 5.41) is 21.8. The molecule has 2 aromatic carbocycles. The normalized spacial score (nSPS) is 24.6. The highest BCUT2D eigenvalue weighted by atomic mass is 35.5. The van der Waals surface area contributed by atoms with Crippen LogP contribution in [0.5, 0.6) is 0 Å². The topological polar surface area (TPSA) is 57.5 Å². The lowest BCUT2D eigenvalue weighted by molar-refractivity contribution is -0.137. The third-order valence-electron chi connectivity index (χ3n) is 6.23. The smallest absolute Gasteiger partial charge is 0.303 e. The van der Waals surface area contributed by atoms with Crippen molar-refractivity contribution in [1.29, 1.82) is 0 Å². The third-order valence-corrected chi connectivity index (χ3v) is 6.74. The number of fused-ring (bicyclic) bond motifs is 1. The fourth-order valence-electron chi connectivity index (χ4n) is 4.67. The summed E-state index contributed by atoms with van der Waals surface area (Å²) in [6, 6.07) is 15.0. The number of halogens is 1. The van der Waals surface area contributed by atoms with E-state index in [9.17, 15) is 9.90 Å². The molecule has 0 aliphatic heterocycles. The number of aliphatic hydroxyl groups is 1. The number of unbranched alkanes of at least 4 members (excludes halogenated alkanes) is 3. The molecule has 0 saturated heterocycles. The minimum atomic E-state index is -0.714. The third kappa shape index (κ3) is 5.71. The van der Waals surface area contributed by atoms with Crippen LogP contribution in [0.4, 0.5) is 0 Å². The Balaban J connectivity index is 1.50. The van der Waals surface area contributed by atoms with Gasteiger partial charge >= 0.3 is 5.97 Å². The van der Waals surface area contributed by atoms with E-state index in [0.29, 0.717) is 12.3 Å². The van der Waals surface area contributed by atoms with Gasteiger partial charge < -0.3 is 10.2 Å². The van der Waals surface area contributed by atoms with E-state index < -0.39 is 5.97 Å². The predicted octanol–water partition coefficient (Wildman–Crippen LogP) is 5.80.